The second kappa shape index (κ2) is 12.6. The summed E-state index contributed by atoms with van der Waals surface area (Å²) in [6.45, 7) is 9.46. The summed E-state index contributed by atoms with van der Waals surface area (Å²) in [6.07, 6.45) is 0. The van der Waals surface area contributed by atoms with Gasteiger partial charge in [-0.25, -0.2) is 0 Å². The average molecular weight is 706 g/mol. The van der Waals surface area contributed by atoms with E-state index in [4.69, 9.17) is 0 Å². The van der Waals surface area contributed by atoms with Crippen molar-refractivity contribution in [2.45, 2.75) is 38.5 Å². The summed E-state index contributed by atoms with van der Waals surface area (Å²) in [7, 11) is 0. The van der Waals surface area contributed by atoms with E-state index < -0.39 is 10.8 Å². The molecule has 1 heterocycles. The van der Waals surface area contributed by atoms with Crippen molar-refractivity contribution in [1.29, 1.82) is 0 Å². The van der Waals surface area contributed by atoms with E-state index in [1.807, 2.05) is 0 Å². The molecule has 1 aromatic heterocycles. The van der Waals surface area contributed by atoms with Crippen molar-refractivity contribution in [1.82, 2.24) is 4.57 Å². The molecule has 0 spiro atoms. The molecular weight excluding hydrogens is 663 g/mol. The Balaban J connectivity index is 1.35. The molecule has 0 bridgehead atoms. The van der Waals surface area contributed by atoms with Gasteiger partial charge in [0, 0.05) is 27.3 Å². The molecule has 0 saturated heterocycles. The first-order valence-corrected chi connectivity index (χ1v) is 19.4. The third-order valence-electron chi connectivity index (χ3n) is 12.7. The third kappa shape index (κ3) is 4.93. The van der Waals surface area contributed by atoms with Crippen molar-refractivity contribution < 1.29 is 0 Å². The maximum absolute atomic E-state index is 2.55. The smallest absolute Gasteiger partial charge is 0.0544 e. The van der Waals surface area contributed by atoms with Crippen LogP contribution in [0.4, 0.5) is 0 Å². The normalized spacial score (nSPS) is 17.6. The maximum atomic E-state index is 2.55. The predicted molar refractivity (Wildman–Crippen MR) is 232 cm³/mol. The van der Waals surface area contributed by atoms with Crippen LogP contribution >= 0.6 is 0 Å². The van der Waals surface area contributed by atoms with Gasteiger partial charge in [0.15, 0.2) is 0 Å². The lowest BCUT2D eigenvalue weighted by Crippen LogP contribution is -2.41. The molecule has 264 valence electrons. The van der Waals surface area contributed by atoms with Crippen molar-refractivity contribution in [3.8, 4) is 27.9 Å². The predicted octanol–water partition coefficient (Wildman–Crippen LogP) is 13.8. The molecule has 0 N–H and O–H groups in total. The first kappa shape index (κ1) is 33.2. The van der Waals surface area contributed by atoms with E-state index in [2.05, 4.69) is 220 Å². The van der Waals surface area contributed by atoms with E-state index in [-0.39, 0.29) is 0 Å². The molecule has 55 heavy (non-hydrogen) atoms. The van der Waals surface area contributed by atoms with Gasteiger partial charge in [-0.05, 0) is 131 Å². The molecule has 9 aromatic rings. The highest BCUT2D eigenvalue weighted by molar-refractivity contribution is 6.10. The molecule has 8 aromatic carbocycles. The summed E-state index contributed by atoms with van der Waals surface area (Å²) < 4.78 is 2.49. The number of para-hydroxylation sites is 1. The van der Waals surface area contributed by atoms with Gasteiger partial charge in [-0.3, -0.25) is 0 Å². The molecule has 1 heteroatoms. The summed E-state index contributed by atoms with van der Waals surface area (Å²) in [5.41, 5.74) is 18.3. The summed E-state index contributed by atoms with van der Waals surface area (Å²) in [5, 5.41) is 2.54. The van der Waals surface area contributed by atoms with Gasteiger partial charge in [0.1, 0.15) is 0 Å². The second-order valence-corrected chi connectivity index (χ2v) is 15.7. The van der Waals surface area contributed by atoms with Crippen molar-refractivity contribution >= 4 is 21.8 Å². The first-order chi connectivity index (χ1) is 26.9. The Bertz CT molecular complexity index is 2900. The Kier molecular flexibility index (Phi) is 7.58. The fraction of sp³-hybridized carbons (Fsp3) is 0.111. The quantitative estimate of drug-likeness (QED) is 0.168. The monoisotopic (exact) mass is 705 g/mol. The van der Waals surface area contributed by atoms with Crippen LogP contribution in [-0.4, -0.2) is 4.57 Å². The summed E-state index contributed by atoms with van der Waals surface area (Å²) in [6, 6.07) is 70.0. The van der Waals surface area contributed by atoms with Gasteiger partial charge in [-0.1, -0.05) is 152 Å². The molecule has 0 saturated carbocycles. The second-order valence-electron chi connectivity index (χ2n) is 15.7. The largest absolute Gasteiger partial charge is 0.309 e. The highest BCUT2D eigenvalue weighted by atomic mass is 15.0. The lowest BCUT2D eigenvalue weighted by Gasteiger charge is -2.48. The van der Waals surface area contributed by atoms with E-state index in [9.17, 15) is 0 Å². The van der Waals surface area contributed by atoms with Crippen LogP contribution in [0.1, 0.15) is 58.4 Å². The molecule has 2 atom stereocenters. The zero-order valence-electron chi connectivity index (χ0n) is 31.8. The number of hydrogen-bond acceptors (Lipinski definition) is 0. The fourth-order valence-corrected chi connectivity index (χ4v) is 9.73. The van der Waals surface area contributed by atoms with Gasteiger partial charge in [0.05, 0.1) is 11.0 Å². The molecule has 0 fully saturated rings. The van der Waals surface area contributed by atoms with Crippen LogP contribution in [0.5, 0.6) is 0 Å². The van der Waals surface area contributed by atoms with E-state index in [0.717, 1.165) is 5.69 Å². The van der Waals surface area contributed by atoms with Gasteiger partial charge in [-0.2, -0.15) is 0 Å². The Morgan fingerprint density at radius 3 is 1.60 bits per heavy atom. The van der Waals surface area contributed by atoms with E-state index in [0.29, 0.717) is 0 Å². The number of hydrogen-bond donors (Lipinski definition) is 0. The van der Waals surface area contributed by atoms with Gasteiger partial charge in [-0.15, -0.1) is 0 Å². The van der Waals surface area contributed by atoms with Gasteiger partial charge < -0.3 is 4.57 Å². The SMILES string of the molecule is Cc1ccccc1-c1cc2c(cc1C)C(C)(c1ccccc1)c1cc3c4ccccc4n(-c4cccc(-c5ccccc5)c4)c3cc1C2(C)c1ccccc1. The van der Waals surface area contributed by atoms with E-state index in [1.54, 1.807) is 0 Å². The Labute approximate surface area is 324 Å². The summed E-state index contributed by atoms with van der Waals surface area (Å²) in [4.78, 5) is 0. The lowest BCUT2D eigenvalue weighted by atomic mass is 9.54. The summed E-state index contributed by atoms with van der Waals surface area (Å²) >= 11 is 0. The van der Waals surface area contributed by atoms with Crippen molar-refractivity contribution in [2.24, 2.45) is 0 Å². The molecule has 2 unspecified atom stereocenters. The van der Waals surface area contributed by atoms with Crippen LogP contribution in [0.3, 0.4) is 0 Å². The molecular formula is C54H43N. The zero-order chi connectivity index (χ0) is 37.3. The molecule has 0 aliphatic heterocycles. The molecule has 1 aliphatic rings. The molecule has 1 nitrogen and oxygen atoms in total. The Morgan fingerprint density at radius 2 is 0.909 bits per heavy atom. The molecule has 1 aliphatic carbocycles. The Hall–Kier alpha value is -6.44. The topological polar surface area (TPSA) is 4.93 Å². The number of aromatic nitrogens is 1. The summed E-state index contributed by atoms with van der Waals surface area (Å²) in [5.74, 6) is 0. The van der Waals surface area contributed by atoms with Crippen LogP contribution in [0.2, 0.25) is 0 Å². The molecule has 0 amide bonds. The minimum Gasteiger partial charge on any atom is -0.309 e. The zero-order valence-corrected chi connectivity index (χ0v) is 31.8. The van der Waals surface area contributed by atoms with Gasteiger partial charge in [0.25, 0.3) is 0 Å². The van der Waals surface area contributed by atoms with Crippen LogP contribution in [0, 0.1) is 13.8 Å². The van der Waals surface area contributed by atoms with Crippen molar-refractivity contribution in [3.05, 3.63) is 233 Å². The minimum atomic E-state index is -0.452. The standard InChI is InChI=1S/C54H43N/c1-36-19-14-15-28-43(36)45-33-48-47(31-37(45)2)53(3,40-23-10-6-11-24-40)49-34-46-44-29-16-17-30-51(44)55(42-27-18-22-39(32-42)38-20-8-5-9-21-38)52(46)35-50(49)54(48,4)41-25-12-7-13-26-41/h5-35H,1-4H3. The van der Waals surface area contributed by atoms with Crippen molar-refractivity contribution in [2.75, 3.05) is 0 Å². The van der Waals surface area contributed by atoms with Crippen molar-refractivity contribution in [3.63, 3.8) is 0 Å². The first-order valence-electron chi connectivity index (χ1n) is 19.4. The van der Waals surface area contributed by atoms with E-state index in [1.165, 1.54) is 88.6 Å². The van der Waals surface area contributed by atoms with Gasteiger partial charge >= 0.3 is 0 Å². The number of benzene rings is 8. The molecule has 0 radical (unpaired) electrons. The molecule has 10 rings (SSSR count). The maximum Gasteiger partial charge on any atom is 0.0544 e. The van der Waals surface area contributed by atoms with Crippen LogP contribution < -0.4 is 0 Å². The van der Waals surface area contributed by atoms with Crippen LogP contribution in [-0.2, 0) is 10.8 Å². The van der Waals surface area contributed by atoms with Crippen LogP contribution in [0.15, 0.2) is 188 Å². The third-order valence-corrected chi connectivity index (χ3v) is 12.7. The average Bonchev–Trinajstić information content (AvgIpc) is 3.57. The van der Waals surface area contributed by atoms with Gasteiger partial charge in [0.2, 0.25) is 0 Å². The van der Waals surface area contributed by atoms with Crippen LogP contribution in [0.25, 0.3) is 49.7 Å². The minimum absolute atomic E-state index is 0.417. The highest BCUT2D eigenvalue weighted by Gasteiger charge is 2.48. The number of fused-ring (bicyclic) bond motifs is 5. The Morgan fingerprint density at radius 1 is 0.364 bits per heavy atom. The van der Waals surface area contributed by atoms with E-state index >= 15 is 0 Å². The lowest BCUT2D eigenvalue weighted by molar-refractivity contribution is 0.568. The fourth-order valence-electron chi connectivity index (χ4n) is 9.73. The number of nitrogens with zero attached hydrogens (tertiary/aromatic N) is 1. The number of rotatable bonds is 5. The highest BCUT2D eigenvalue weighted by Crippen LogP contribution is 2.57. The number of aryl methyl sites for hydroxylation is 2.